The van der Waals surface area contributed by atoms with Crippen molar-refractivity contribution in [2.75, 3.05) is 0 Å². The molecule has 0 aliphatic carbocycles. The Morgan fingerprint density at radius 3 is 1.40 bits per heavy atom. The molecule has 0 amide bonds. The topological polar surface area (TPSA) is 57.5 Å². The first kappa shape index (κ1) is 8.96. The van der Waals surface area contributed by atoms with Gasteiger partial charge in [0.15, 0.2) is 0 Å². The van der Waals surface area contributed by atoms with Crippen LogP contribution in [0.3, 0.4) is 0 Å². The Morgan fingerprint density at radius 2 is 1.40 bits per heavy atom. The van der Waals surface area contributed by atoms with Crippen molar-refractivity contribution in [3.63, 3.8) is 0 Å². The molecule has 5 heavy (non-hydrogen) atoms. The molecule has 0 fully saturated rings. The molecule has 0 heterocycles. The van der Waals surface area contributed by atoms with E-state index in [2.05, 4.69) is 0 Å². The van der Waals surface area contributed by atoms with Crippen molar-refractivity contribution in [3.8, 4) is 0 Å². The maximum Gasteiger partial charge on any atom is 0.761 e. The summed E-state index contributed by atoms with van der Waals surface area (Å²) >= 11 is 0. The molecule has 0 aromatic carbocycles. The molecule has 0 saturated heterocycles. The molecule has 0 spiro atoms. The van der Waals surface area contributed by atoms with E-state index < -0.39 is 9.17 Å². The van der Waals surface area contributed by atoms with Crippen LogP contribution in [0.15, 0.2) is 0 Å². The molecule has 0 aliphatic heterocycles. The number of hydrogen-bond acceptors (Lipinski definition) is 1. The minimum absolute atomic E-state index is 0. The molecular weight excluding hydrogens is 83.0 g/mol. The zero-order valence-corrected chi connectivity index (χ0v) is 3.80. The first-order valence-corrected chi connectivity index (χ1v) is 1.95. The molecule has 0 aromatic heterocycles. The summed E-state index contributed by atoms with van der Waals surface area (Å²) in [6, 6.07) is 0. The van der Waals surface area contributed by atoms with Gasteiger partial charge in [0.2, 0.25) is 0 Å². The Balaban J connectivity index is 0. The van der Waals surface area contributed by atoms with Crippen LogP contribution < -0.4 is 0 Å². The van der Waals surface area contributed by atoms with Gasteiger partial charge in [0, 0.05) is 18.9 Å². The van der Waals surface area contributed by atoms with Crippen LogP contribution in [0.1, 0.15) is 0 Å². The first-order chi connectivity index (χ1) is 1.73. The molecule has 2 N–H and O–H groups in total. The molecule has 0 rings (SSSR count). The molecule has 0 saturated carbocycles. The van der Waals surface area contributed by atoms with Crippen molar-refractivity contribution >= 4 is 28.0 Å². The summed E-state index contributed by atoms with van der Waals surface area (Å²) in [6.07, 6.45) is 0. The van der Waals surface area contributed by atoms with Crippen molar-refractivity contribution in [3.05, 3.63) is 0 Å². The van der Waals surface area contributed by atoms with E-state index in [4.69, 9.17) is 14.1 Å². The van der Waals surface area contributed by atoms with E-state index in [1.165, 1.54) is 0 Å². The van der Waals surface area contributed by atoms with Crippen molar-refractivity contribution in [1.29, 1.82) is 0 Å². The van der Waals surface area contributed by atoms with Crippen molar-refractivity contribution in [2.45, 2.75) is 0 Å². The smallest absolute Gasteiger partial charge is 0.511 e. The maximum absolute atomic E-state index is 8.74. The minimum atomic E-state index is -3.13. The summed E-state index contributed by atoms with van der Waals surface area (Å²) in [6.45, 7) is 0. The third-order valence-corrected chi connectivity index (χ3v) is 0. The van der Waals surface area contributed by atoms with Gasteiger partial charge in [-0.1, -0.05) is 0 Å². The molecule has 25 valence electrons. The van der Waals surface area contributed by atoms with Gasteiger partial charge < -0.3 is 9.59 Å². The van der Waals surface area contributed by atoms with Crippen LogP contribution in [-0.4, -0.2) is 37.6 Å². The summed E-state index contributed by atoms with van der Waals surface area (Å²) in [5.74, 6) is 0. The van der Waals surface area contributed by atoms with Gasteiger partial charge in [-0.3, -0.25) is 4.46 Å². The Labute approximate surface area is 42.7 Å². The molecule has 0 aliphatic rings. The van der Waals surface area contributed by atoms with Crippen molar-refractivity contribution in [2.24, 2.45) is 0 Å². The molecular formula is H2LiO3Si. The Morgan fingerprint density at radius 1 is 1.40 bits per heavy atom. The van der Waals surface area contributed by atoms with Crippen LogP contribution in [0.2, 0.25) is 0 Å². The molecule has 0 aromatic rings. The van der Waals surface area contributed by atoms with E-state index in [9.17, 15) is 0 Å². The van der Waals surface area contributed by atoms with Crippen LogP contribution in [0, 0.1) is 0 Å². The van der Waals surface area contributed by atoms with Gasteiger partial charge >= 0.3 is 9.17 Å². The second kappa shape index (κ2) is 4.21. The summed E-state index contributed by atoms with van der Waals surface area (Å²) < 4.78 is 8.74. The van der Waals surface area contributed by atoms with Crippen molar-refractivity contribution < 1.29 is 14.1 Å². The van der Waals surface area contributed by atoms with Gasteiger partial charge in [-0.2, -0.15) is 0 Å². The van der Waals surface area contributed by atoms with Crippen LogP contribution >= 0.6 is 0 Å². The second-order valence-corrected chi connectivity index (χ2v) is 0.848. The number of rotatable bonds is 0. The minimum Gasteiger partial charge on any atom is -0.511 e. The molecule has 0 atom stereocenters. The van der Waals surface area contributed by atoms with Crippen LogP contribution in [0.25, 0.3) is 0 Å². The van der Waals surface area contributed by atoms with Crippen molar-refractivity contribution in [1.82, 2.24) is 0 Å². The fourth-order valence-electron chi connectivity index (χ4n) is 0. The zero-order valence-electron chi connectivity index (χ0n) is 2.80. The van der Waals surface area contributed by atoms with Gasteiger partial charge in [0.05, 0.1) is 0 Å². The average molecular weight is 85.0 g/mol. The Bertz CT molecular complexity index is 29.9. The van der Waals surface area contributed by atoms with E-state index in [1.807, 2.05) is 0 Å². The van der Waals surface area contributed by atoms with Gasteiger partial charge in [-0.25, -0.2) is 0 Å². The predicted molar refractivity (Wildman–Crippen MR) is 16.6 cm³/mol. The normalized spacial score (nSPS) is 4.80. The van der Waals surface area contributed by atoms with E-state index >= 15 is 0 Å². The second-order valence-electron chi connectivity index (χ2n) is 0.283. The largest absolute Gasteiger partial charge is 0.761 e. The number of hydrogen-bond donors (Lipinski definition) is 2. The van der Waals surface area contributed by atoms with Crippen LogP contribution in [0.4, 0.5) is 0 Å². The molecule has 5 heteroatoms. The van der Waals surface area contributed by atoms with Crippen LogP contribution in [0.5, 0.6) is 0 Å². The maximum atomic E-state index is 8.74. The SMILES string of the molecule is O=[Si](O)O.[Li]. The molecule has 0 bridgehead atoms. The standard InChI is InChI=1S/Li.H2O3Si/c;1-4(2)3/h;1-2H. The Kier molecular flexibility index (Phi) is 7.55. The first-order valence-electron chi connectivity index (χ1n) is 0.651. The fraction of sp³-hybridized carbons (Fsp3) is 0. The summed E-state index contributed by atoms with van der Waals surface area (Å²) in [5.41, 5.74) is 0. The van der Waals surface area contributed by atoms with Gasteiger partial charge in [0.1, 0.15) is 0 Å². The third kappa shape index (κ3) is 450. The fourth-order valence-corrected chi connectivity index (χ4v) is 0. The Hall–Kier alpha value is 0.214. The average Bonchev–Trinajstić information content (AvgIpc) is 0.811. The van der Waals surface area contributed by atoms with Gasteiger partial charge in [-0.15, -0.1) is 0 Å². The predicted octanol–water partition coefficient (Wildman–Crippen LogP) is -1.99. The quantitative estimate of drug-likeness (QED) is 0.335. The molecule has 0 unspecified atom stereocenters. The monoisotopic (exact) mass is 85.0 g/mol. The van der Waals surface area contributed by atoms with E-state index in [0.717, 1.165) is 0 Å². The third-order valence-electron chi connectivity index (χ3n) is 0. The van der Waals surface area contributed by atoms with E-state index in [1.54, 1.807) is 0 Å². The summed E-state index contributed by atoms with van der Waals surface area (Å²) in [4.78, 5) is 14.3. The van der Waals surface area contributed by atoms with Gasteiger partial charge in [0.25, 0.3) is 0 Å². The zero-order chi connectivity index (χ0) is 3.58. The van der Waals surface area contributed by atoms with Gasteiger partial charge in [-0.05, 0) is 0 Å². The summed E-state index contributed by atoms with van der Waals surface area (Å²) in [7, 11) is -3.13. The van der Waals surface area contributed by atoms with Crippen LogP contribution in [-0.2, 0) is 4.46 Å². The molecule has 3 nitrogen and oxygen atoms in total. The van der Waals surface area contributed by atoms with E-state index in [0.29, 0.717) is 0 Å². The van der Waals surface area contributed by atoms with E-state index in [-0.39, 0.29) is 18.9 Å². The molecule has 1 radical (unpaired) electrons. The summed E-state index contributed by atoms with van der Waals surface area (Å²) in [5, 5.41) is 0.